The molecule has 0 bridgehead atoms. The fourth-order valence-electron chi connectivity index (χ4n) is 3.03. The van der Waals surface area contributed by atoms with E-state index >= 15 is 0 Å². The van der Waals surface area contributed by atoms with E-state index in [-0.39, 0.29) is 11.9 Å². The van der Waals surface area contributed by atoms with Crippen molar-refractivity contribution in [3.63, 3.8) is 0 Å². The minimum Gasteiger partial charge on any atom is -0.343 e. The molecule has 8 heteroatoms. The van der Waals surface area contributed by atoms with E-state index in [1.54, 1.807) is 18.3 Å². The minimum absolute atomic E-state index is 0.236. The number of aryl methyl sites for hydroxylation is 1. The van der Waals surface area contributed by atoms with Crippen molar-refractivity contribution in [1.29, 1.82) is 0 Å². The highest BCUT2D eigenvalue weighted by Crippen LogP contribution is 2.17. The summed E-state index contributed by atoms with van der Waals surface area (Å²) >= 11 is 0. The van der Waals surface area contributed by atoms with Gasteiger partial charge >= 0.3 is 0 Å². The fourth-order valence-corrected chi connectivity index (χ4v) is 3.03. The van der Waals surface area contributed by atoms with Gasteiger partial charge in [0.2, 0.25) is 0 Å². The molecule has 4 rings (SSSR count). The van der Waals surface area contributed by atoms with Gasteiger partial charge in [-0.2, -0.15) is 5.10 Å². The number of rotatable bonds is 5. The van der Waals surface area contributed by atoms with E-state index in [4.69, 9.17) is 0 Å². The van der Waals surface area contributed by atoms with Crippen LogP contribution in [0.2, 0.25) is 0 Å². The third-order valence-corrected chi connectivity index (χ3v) is 4.43. The van der Waals surface area contributed by atoms with Gasteiger partial charge in [-0.15, -0.1) is 0 Å². The van der Waals surface area contributed by atoms with Crippen LogP contribution in [0.5, 0.6) is 0 Å². The van der Waals surface area contributed by atoms with Gasteiger partial charge in [-0.05, 0) is 38.1 Å². The van der Waals surface area contributed by atoms with Crippen molar-refractivity contribution in [3.8, 4) is 0 Å². The van der Waals surface area contributed by atoms with Gasteiger partial charge in [0.1, 0.15) is 17.8 Å². The molecule has 0 radical (unpaired) electrons. The Labute approximate surface area is 155 Å². The minimum atomic E-state index is -0.254. The van der Waals surface area contributed by atoms with Gasteiger partial charge in [0, 0.05) is 6.20 Å². The number of fused-ring (bicyclic) bond motifs is 1. The summed E-state index contributed by atoms with van der Waals surface area (Å²) in [5, 5.41) is 9.99. The van der Waals surface area contributed by atoms with E-state index in [0.29, 0.717) is 12.2 Å². The number of hydrogen-bond acceptors (Lipinski definition) is 5. The van der Waals surface area contributed by atoms with E-state index in [2.05, 4.69) is 35.0 Å². The summed E-state index contributed by atoms with van der Waals surface area (Å²) < 4.78 is 2.09. The van der Waals surface area contributed by atoms with Gasteiger partial charge in [0.15, 0.2) is 0 Å². The second-order valence-electron chi connectivity index (χ2n) is 6.34. The first-order chi connectivity index (χ1) is 13.1. The van der Waals surface area contributed by atoms with Crippen LogP contribution >= 0.6 is 0 Å². The summed E-state index contributed by atoms with van der Waals surface area (Å²) in [6, 6.07) is 11.3. The van der Waals surface area contributed by atoms with Gasteiger partial charge in [-0.1, -0.05) is 12.1 Å². The van der Waals surface area contributed by atoms with Crippen LogP contribution in [0, 0.1) is 6.92 Å². The average Bonchev–Trinajstić information content (AvgIpc) is 3.28. The predicted octanol–water partition coefficient (Wildman–Crippen LogP) is 2.40. The molecular weight excluding hydrogens is 342 g/mol. The van der Waals surface area contributed by atoms with Crippen LogP contribution in [-0.2, 0) is 6.54 Å². The molecule has 4 aromatic rings. The Kier molecular flexibility index (Phi) is 4.37. The summed E-state index contributed by atoms with van der Waals surface area (Å²) in [6.07, 6.45) is 3.11. The predicted molar refractivity (Wildman–Crippen MR) is 100 cm³/mol. The van der Waals surface area contributed by atoms with Crippen LogP contribution < -0.4 is 5.32 Å². The number of amides is 1. The van der Waals surface area contributed by atoms with Gasteiger partial charge in [0.05, 0.1) is 35.0 Å². The van der Waals surface area contributed by atoms with Crippen LogP contribution in [0.3, 0.4) is 0 Å². The monoisotopic (exact) mass is 361 g/mol. The molecule has 2 N–H and O–H groups in total. The number of aromatic nitrogens is 6. The molecule has 0 aliphatic carbocycles. The number of carbonyl (C=O) groups excluding carboxylic acids is 1. The number of H-pyrrole nitrogens is 1. The molecule has 3 aromatic heterocycles. The van der Waals surface area contributed by atoms with E-state index in [9.17, 15) is 4.79 Å². The summed E-state index contributed by atoms with van der Waals surface area (Å²) in [5.41, 5.74) is 3.92. The van der Waals surface area contributed by atoms with E-state index in [1.165, 1.54) is 6.33 Å². The van der Waals surface area contributed by atoms with Crippen molar-refractivity contribution in [2.45, 2.75) is 26.4 Å². The fraction of sp³-hybridized carbons (Fsp3) is 0.211. The maximum atomic E-state index is 12.5. The lowest BCUT2D eigenvalue weighted by Gasteiger charge is -2.11. The number of para-hydroxylation sites is 2. The summed E-state index contributed by atoms with van der Waals surface area (Å²) in [4.78, 5) is 25.1. The van der Waals surface area contributed by atoms with Crippen molar-refractivity contribution in [2.75, 3.05) is 0 Å². The normalized spacial score (nSPS) is 12.2. The number of aromatic amines is 1. The van der Waals surface area contributed by atoms with Crippen LogP contribution in [0.25, 0.3) is 11.0 Å². The molecule has 136 valence electrons. The molecule has 1 aromatic carbocycles. The Morgan fingerprint density at radius 2 is 2.15 bits per heavy atom. The smallest absolute Gasteiger partial charge is 0.272 e. The Morgan fingerprint density at radius 3 is 2.96 bits per heavy atom. The third kappa shape index (κ3) is 3.41. The number of hydrogen-bond donors (Lipinski definition) is 2. The molecule has 0 aliphatic heterocycles. The van der Waals surface area contributed by atoms with Gasteiger partial charge in [-0.25, -0.2) is 15.0 Å². The molecule has 0 saturated heterocycles. The molecule has 1 unspecified atom stereocenters. The molecule has 1 amide bonds. The lowest BCUT2D eigenvalue weighted by atomic mass is 10.2. The lowest BCUT2D eigenvalue weighted by molar-refractivity contribution is 0.0934. The summed E-state index contributed by atoms with van der Waals surface area (Å²) in [7, 11) is 0. The average molecular weight is 361 g/mol. The molecule has 8 nitrogen and oxygen atoms in total. The Bertz CT molecular complexity index is 1080. The zero-order chi connectivity index (χ0) is 18.8. The van der Waals surface area contributed by atoms with Crippen LogP contribution in [0.4, 0.5) is 0 Å². The Morgan fingerprint density at radius 1 is 1.30 bits per heavy atom. The highest BCUT2D eigenvalue weighted by molar-refractivity contribution is 5.92. The summed E-state index contributed by atoms with van der Waals surface area (Å²) in [5.74, 6) is 0.657. The molecule has 0 spiro atoms. The quantitative estimate of drug-likeness (QED) is 0.568. The largest absolute Gasteiger partial charge is 0.343 e. The zero-order valence-corrected chi connectivity index (χ0v) is 15.0. The zero-order valence-electron chi connectivity index (χ0n) is 15.0. The number of carbonyl (C=O) groups is 1. The van der Waals surface area contributed by atoms with Gasteiger partial charge in [0.25, 0.3) is 5.91 Å². The highest BCUT2D eigenvalue weighted by atomic mass is 16.2. The van der Waals surface area contributed by atoms with Crippen molar-refractivity contribution in [2.24, 2.45) is 0 Å². The van der Waals surface area contributed by atoms with Crippen molar-refractivity contribution < 1.29 is 4.79 Å². The van der Waals surface area contributed by atoms with Gasteiger partial charge in [-0.3, -0.25) is 9.89 Å². The topological polar surface area (TPSA) is 101 Å². The highest BCUT2D eigenvalue weighted by Gasteiger charge is 2.16. The third-order valence-electron chi connectivity index (χ3n) is 4.43. The van der Waals surface area contributed by atoms with Crippen LogP contribution in [-0.4, -0.2) is 35.6 Å². The van der Waals surface area contributed by atoms with E-state index < -0.39 is 0 Å². The van der Waals surface area contributed by atoms with Crippen LogP contribution in [0.15, 0.2) is 48.9 Å². The molecule has 0 fully saturated rings. The SMILES string of the molecule is Cc1nc2ccccc2n1Cc1cc(C(=O)NC(C)c2ccncn2)n[nH]1. The molecule has 0 saturated carbocycles. The molecule has 1 atom stereocenters. The standard InChI is InChI=1S/C19H19N7O/c1-12(15-7-8-20-11-21-15)22-19(27)17-9-14(24-25-17)10-26-13(2)23-16-5-3-4-6-18(16)26/h3-9,11-12H,10H2,1-2H3,(H,22,27)(H,24,25). The maximum Gasteiger partial charge on any atom is 0.272 e. The second kappa shape index (κ2) is 6.99. The van der Waals surface area contributed by atoms with Gasteiger partial charge < -0.3 is 9.88 Å². The number of benzene rings is 1. The first kappa shape index (κ1) is 16.9. The lowest BCUT2D eigenvalue weighted by Crippen LogP contribution is -2.27. The van der Waals surface area contributed by atoms with Crippen molar-refractivity contribution in [1.82, 2.24) is 35.0 Å². The molecule has 3 heterocycles. The number of nitrogens with zero attached hydrogens (tertiary/aromatic N) is 5. The van der Waals surface area contributed by atoms with Crippen molar-refractivity contribution >= 4 is 16.9 Å². The summed E-state index contributed by atoms with van der Waals surface area (Å²) in [6.45, 7) is 4.40. The van der Waals surface area contributed by atoms with Crippen LogP contribution in [0.1, 0.15) is 40.7 Å². The molecule has 0 aliphatic rings. The number of nitrogens with one attached hydrogen (secondary N) is 2. The van der Waals surface area contributed by atoms with E-state index in [1.807, 2.05) is 38.1 Å². The maximum absolute atomic E-state index is 12.5. The van der Waals surface area contributed by atoms with E-state index in [0.717, 1.165) is 28.2 Å². The second-order valence-corrected chi connectivity index (χ2v) is 6.34. The first-order valence-corrected chi connectivity index (χ1v) is 8.65. The number of imidazole rings is 1. The van der Waals surface area contributed by atoms with Crippen molar-refractivity contribution in [3.05, 3.63) is 71.8 Å². The first-order valence-electron chi connectivity index (χ1n) is 8.65. The Balaban J connectivity index is 1.50. The molecule has 27 heavy (non-hydrogen) atoms. The Hall–Kier alpha value is -3.55. The molecular formula is C19H19N7O.